The fourth-order valence-corrected chi connectivity index (χ4v) is 2.49. The van der Waals surface area contributed by atoms with Gasteiger partial charge in [-0.1, -0.05) is 12.3 Å². The normalized spacial score (nSPS) is 16.3. The molecular weight excluding hydrogens is 378 g/mol. The standard InChI is InChI=1S/C21H35NO7/c23-10-6-11-25-13-15-27-17-18-28-16-14-26-12-9-22-21(24)19-29-20-7-4-2-1-3-5-8-20/h10,20H,1-4,6-7,9,11-19H2,(H,22,24). The Morgan fingerprint density at radius 2 is 1.55 bits per heavy atom. The van der Waals surface area contributed by atoms with Crippen LogP contribution in [-0.2, 0) is 33.3 Å². The zero-order chi connectivity index (χ0) is 20.8. The first kappa shape index (κ1) is 25.5. The molecule has 0 aromatic carbocycles. The molecule has 1 aliphatic carbocycles. The molecule has 1 N–H and O–H groups in total. The first-order chi connectivity index (χ1) is 14.3. The van der Waals surface area contributed by atoms with Gasteiger partial charge in [-0.15, -0.1) is 5.92 Å². The second-order valence-electron chi connectivity index (χ2n) is 6.47. The molecule has 1 aliphatic rings. The van der Waals surface area contributed by atoms with Crippen LogP contribution in [0, 0.1) is 11.8 Å². The molecule has 1 rings (SSSR count). The molecule has 1 amide bonds. The zero-order valence-corrected chi connectivity index (χ0v) is 17.3. The lowest BCUT2D eigenvalue weighted by molar-refractivity contribution is -0.127. The maximum absolute atomic E-state index is 11.8. The Bertz CT molecular complexity index is 475. The van der Waals surface area contributed by atoms with E-state index < -0.39 is 0 Å². The van der Waals surface area contributed by atoms with Crippen LogP contribution in [0.5, 0.6) is 0 Å². The molecule has 0 fully saturated rings. The van der Waals surface area contributed by atoms with Crippen LogP contribution in [0.25, 0.3) is 0 Å². The zero-order valence-electron chi connectivity index (χ0n) is 17.3. The van der Waals surface area contributed by atoms with E-state index in [4.69, 9.17) is 23.7 Å². The topological polar surface area (TPSA) is 92.3 Å². The maximum atomic E-state index is 11.8. The van der Waals surface area contributed by atoms with Gasteiger partial charge in [0.25, 0.3) is 0 Å². The Hall–Kier alpha value is -1.50. The van der Waals surface area contributed by atoms with Gasteiger partial charge in [0.05, 0.1) is 52.9 Å². The third-order valence-electron chi connectivity index (χ3n) is 4.01. The van der Waals surface area contributed by atoms with E-state index in [2.05, 4.69) is 17.2 Å². The van der Waals surface area contributed by atoms with E-state index in [1.165, 1.54) is 6.42 Å². The summed E-state index contributed by atoms with van der Waals surface area (Å²) < 4.78 is 26.8. The van der Waals surface area contributed by atoms with Crippen LogP contribution in [0.3, 0.4) is 0 Å². The molecule has 0 aliphatic heterocycles. The summed E-state index contributed by atoms with van der Waals surface area (Å²) >= 11 is 0. The van der Waals surface area contributed by atoms with Crippen molar-refractivity contribution in [3.63, 3.8) is 0 Å². The number of aldehydes is 1. The molecule has 8 heteroatoms. The van der Waals surface area contributed by atoms with Crippen molar-refractivity contribution in [2.45, 2.75) is 44.6 Å². The second-order valence-corrected chi connectivity index (χ2v) is 6.47. The summed E-state index contributed by atoms with van der Waals surface area (Å²) in [5.41, 5.74) is 0. The van der Waals surface area contributed by atoms with Gasteiger partial charge in [0.15, 0.2) is 0 Å². The molecule has 1 atom stereocenters. The summed E-state index contributed by atoms with van der Waals surface area (Å²) in [7, 11) is 0. The molecule has 0 saturated carbocycles. The van der Waals surface area contributed by atoms with Crippen LogP contribution >= 0.6 is 0 Å². The lowest BCUT2D eigenvalue weighted by Gasteiger charge is -2.13. The number of ether oxygens (including phenoxy) is 5. The third kappa shape index (κ3) is 17.1. The summed E-state index contributed by atoms with van der Waals surface area (Å²) in [6.07, 6.45) is 6.34. The van der Waals surface area contributed by atoms with Crippen LogP contribution in [0.15, 0.2) is 0 Å². The van der Waals surface area contributed by atoms with Crippen molar-refractivity contribution in [1.82, 2.24) is 5.32 Å². The molecule has 0 heterocycles. The summed E-state index contributed by atoms with van der Waals surface area (Å²) in [6.45, 7) is 4.17. The number of carbonyl (C=O) groups is 2. The second kappa shape index (κ2) is 19.8. The van der Waals surface area contributed by atoms with Gasteiger partial charge in [0.1, 0.15) is 19.0 Å². The molecule has 8 nitrogen and oxygen atoms in total. The molecule has 29 heavy (non-hydrogen) atoms. The molecule has 0 saturated heterocycles. The first-order valence-corrected chi connectivity index (χ1v) is 10.4. The average molecular weight is 414 g/mol. The molecule has 0 aromatic rings. The van der Waals surface area contributed by atoms with E-state index >= 15 is 0 Å². The number of hydrogen-bond acceptors (Lipinski definition) is 7. The van der Waals surface area contributed by atoms with Gasteiger partial charge >= 0.3 is 0 Å². The Balaban J connectivity index is 1.81. The Morgan fingerprint density at radius 3 is 2.24 bits per heavy atom. The minimum absolute atomic E-state index is 0.0323. The Morgan fingerprint density at radius 1 is 0.897 bits per heavy atom. The van der Waals surface area contributed by atoms with Crippen molar-refractivity contribution in [3.8, 4) is 11.8 Å². The lowest BCUT2D eigenvalue weighted by atomic mass is 10.1. The van der Waals surface area contributed by atoms with Crippen LogP contribution < -0.4 is 5.32 Å². The highest BCUT2D eigenvalue weighted by atomic mass is 16.6. The van der Waals surface area contributed by atoms with Gasteiger partial charge in [0, 0.05) is 19.4 Å². The first-order valence-electron chi connectivity index (χ1n) is 10.4. The number of nitrogens with one attached hydrogen (secondary N) is 1. The van der Waals surface area contributed by atoms with E-state index in [0.717, 1.165) is 32.0 Å². The number of carbonyl (C=O) groups excluding carboxylic acids is 2. The number of hydrogen-bond donors (Lipinski definition) is 1. The maximum Gasteiger partial charge on any atom is 0.246 e. The van der Waals surface area contributed by atoms with Gasteiger partial charge in [-0.2, -0.15) is 0 Å². The van der Waals surface area contributed by atoms with E-state index in [0.29, 0.717) is 65.8 Å². The lowest BCUT2D eigenvalue weighted by Crippen LogP contribution is -2.32. The molecular formula is C21H35NO7. The van der Waals surface area contributed by atoms with E-state index in [1.54, 1.807) is 0 Å². The van der Waals surface area contributed by atoms with Crippen LogP contribution in [0.4, 0.5) is 0 Å². The average Bonchev–Trinajstić information content (AvgIpc) is 2.70. The van der Waals surface area contributed by atoms with E-state index in [9.17, 15) is 9.59 Å². The molecule has 1 unspecified atom stereocenters. The van der Waals surface area contributed by atoms with Gasteiger partial charge in [0.2, 0.25) is 5.91 Å². The van der Waals surface area contributed by atoms with Crippen molar-refractivity contribution in [2.24, 2.45) is 0 Å². The summed E-state index contributed by atoms with van der Waals surface area (Å²) in [5.74, 6) is 6.03. The predicted molar refractivity (Wildman–Crippen MR) is 108 cm³/mol. The summed E-state index contributed by atoms with van der Waals surface area (Å²) in [6, 6.07) is 0. The van der Waals surface area contributed by atoms with Crippen molar-refractivity contribution in [1.29, 1.82) is 0 Å². The van der Waals surface area contributed by atoms with Gasteiger partial charge in [-0.3, -0.25) is 4.79 Å². The number of amides is 1. The van der Waals surface area contributed by atoms with Crippen LogP contribution in [0.1, 0.15) is 38.5 Å². The Labute approximate surface area is 173 Å². The van der Waals surface area contributed by atoms with Gasteiger partial charge < -0.3 is 33.8 Å². The largest absolute Gasteiger partial charge is 0.379 e. The van der Waals surface area contributed by atoms with Crippen molar-refractivity contribution in [3.05, 3.63) is 0 Å². The van der Waals surface area contributed by atoms with Crippen molar-refractivity contribution in [2.75, 3.05) is 66.0 Å². The third-order valence-corrected chi connectivity index (χ3v) is 4.01. The Kier molecular flexibility index (Phi) is 17.4. The fraction of sp³-hybridized carbons (Fsp3) is 0.810. The highest BCUT2D eigenvalue weighted by Gasteiger charge is 2.10. The smallest absolute Gasteiger partial charge is 0.246 e. The molecule has 0 spiro atoms. The van der Waals surface area contributed by atoms with Crippen molar-refractivity contribution < 1.29 is 33.3 Å². The predicted octanol–water partition coefficient (Wildman–Crippen LogP) is 1.11. The van der Waals surface area contributed by atoms with Crippen molar-refractivity contribution >= 4 is 12.2 Å². The summed E-state index contributed by atoms with van der Waals surface area (Å²) in [4.78, 5) is 21.9. The number of rotatable bonds is 18. The van der Waals surface area contributed by atoms with Gasteiger partial charge in [-0.25, -0.2) is 0 Å². The van der Waals surface area contributed by atoms with E-state index in [1.807, 2.05) is 0 Å². The molecule has 0 bridgehead atoms. The van der Waals surface area contributed by atoms with Crippen LogP contribution in [-0.4, -0.2) is 84.3 Å². The fourth-order valence-electron chi connectivity index (χ4n) is 2.49. The molecule has 166 valence electrons. The molecule has 0 aromatic heterocycles. The van der Waals surface area contributed by atoms with Gasteiger partial charge in [-0.05, 0) is 19.3 Å². The SMILES string of the molecule is O=CCCOCCOCCOCCOCCNC(=O)COC1C#CCCCCC1. The van der Waals surface area contributed by atoms with E-state index in [-0.39, 0.29) is 18.6 Å². The monoisotopic (exact) mass is 413 g/mol. The highest BCUT2D eigenvalue weighted by Crippen LogP contribution is 2.10. The highest BCUT2D eigenvalue weighted by molar-refractivity contribution is 5.77. The quantitative estimate of drug-likeness (QED) is 0.204. The minimum atomic E-state index is -0.152. The molecule has 0 radical (unpaired) electrons. The summed E-state index contributed by atoms with van der Waals surface area (Å²) in [5, 5.41) is 2.76. The minimum Gasteiger partial charge on any atom is -0.379 e. The van der Waals surface area contributed by atoms with Crippen LogP contribution in [0.2, 0.25) is 0 Å².